The van der Waals surface area contributed by atoms with E-state index in [4.69, 9.17) is 5.73 Å². The molecular formula is C13H28N4. The van der Waals surface area contributed by atoms with Crippen molar-refractivity contribution in [3.63, 3.8) is 0 Å². The van der Waals surface area contributed by atoms with Crippen LogP contribution < -0.4 is 11.1 Å². The van der Waals surface area contributed by atoms with E-state index < -0.39 is 0 Å². The van der Waals surface area contributed by atoms with Gasteiger partial charge in [0.05, 0.1) is 6.54 Å². The smallest absolute Gasteiger partial charge is 0.188 e. The van der Waals surface area contributed by atoms with Gasteiger partial charge in [-0.1, -0.05) is 13.8 Å². The number of hydrogen-bond donors (Lipinski definition) is 2. The molecule has 0 aromatic carbocycles. The Balaban J connectivity index is 2.39. The Morgan fingerprint density at radius 2 is 2.12 bits per heavy atom. The number of hydrogen-bond acceptors (Lipinski definition) is 2. The fourth-order valence-corrected chi connectivity index (χ4v) is 2.36. The van der Waals surface area contributed by atoms with Crippen molar-refractivity contribution in [2.75, 3.05) is 19.6 Å². The first-order valence-corrected chi connectivity index (χ1v) is 6.79. The summed E-state index contributed by atoms with van der Waals surface area (Å²) in [4.78, 5) is 7.00. The molecule has 1 aliphatic rings. The molecule has 1 aliphatic heterocycles. The zero-order valence-electron chi connectivity index (χ0n) is 11.7. The SMILES string of the molecule is CC(C)CN1CCC[C@@H]1CN=C(N)NC(C)C. The van der Waals surface area contributed by atoms with Gasteiger partial charge in [-0.3, -0.25) is 9.89 Å². The quantitative estimate of drug-likeness (QED) is 0.564. The monoisotopic (exact) mass is 240 g/mol. The molecule has 0 bridgehead atoms. The number of nitrogens with one attached hydrogen (secondary N) is 1. The number of rotatable bonds is 5. The van der Waals surface area contributed by atoms with Gasteiger partial charge in [-0.25, -0.2) is 0 Å². The molecule has 0 spiro atoms. The zero-order chi connectivity index (χ0) is 12.8. The van der Waals surface area contributed by atoms with E-state index >= 15 is 0 Å². The van der Waals surface area contributed by atoms with Crippen molar-refractivity contribution in [1.29, 1.82) is 0 Å². The molecule has 1 fully saturated rings. The van der Waals surface area contributed by atoms with Gasteiger partial charge in [-0.05, 0) is 39.2 Å². The van der Waals surface area contributed by atoms with Gasteiger partial charge in [0.1, 0.15) is 0 Å². The fourth-order valence-electron chi connectivity index (χ4n) is 2.36. The molecule has 4 nitrogen and oxygen atoms in total. The molecule has 1 saturated heterocycles. The van der Waals surface area contributed by atoms with Crippen LogP contribution in [-0.2, 0) is 0 Å². The summed E-state index contributed by atoms with van der Waals surface area (Å²) >= 11 is 0. The van der Waals surface area contributed by atoms with Gasteiger partial charge in [0.15, 0.2) is 5.96 Å². The number of nitrogens with zero attached hydrogens (tertiary/aromatic N) is 2. The Morgan fingerprint density at radius 3 is 2.71 bits per heavy atom. The number of aliphatic imine (C=N–C) groups is 1. The molecule has 0 unspecified atom stereocenters. The first-order chi connectivity index (χ1) is 7.99. The Hall–Kier alpha value is -0.770. The first-order valence-electron chi connectivity index (χ1n) is 6.79. The molecule has 0 aromatic heterocycles. The van der Waals surface area contributed by atoms with Gasteiger partial charge in [0, 0.05) is 18.6 Å². The third-order valence-electron chi connectivity index (χ3n) is 3.01. The Kier molecular flexibility index (Phi) is 5.75. The summed E-state index contributed by atoms with van der Waals surface area (Å²) in [6.45, 7) is 11.9. The van der Waals surface area contributed by atoms with E-state index in [0.717, 1.165) is 12.5 Å². The Bertz CT molecular complexity index is 248. The highest BCUT2D eigenvalue weighted by Crippen LogP contribution is 2.18. The third-order valence-corrected chi connectivity index (χ3v) is 3.01. The second-order valence-electron chi connectivity index (χ2n) is 5.71. The van der Waals surface area contributed by atoms with Crippen molar-refractivity contribution < 1.29 is 0 Å². The lowest BCUT2D eigenvalue weighted by molar-refractivity contribution is 0.231. The lowest BCUT2D eigenvalue weighted by atomic mass is 10.2. The van der Waals surface area contributed by atoms with E-state index in [1.54, 1.807) is 0 Å². The van der Waals surface area contributed by atoms with Crippen LogP contribution in [0.3, 0.4) is 0 Å². The van der Waals surface area contributed by atoms with Crippen molar-refractivity contribution in [2.24, 2.45) is 16.6 Å². The van der Waals surface area contributed by atoms with Crippen molar-refractivity contribution in [3.8, 4) is 0 Å². The minimum Gasteiger partial charge on any atom is -0.370 e. The number of likely N-dealkylation sites (tertiary alicyclic amines) is 1. The van der Waals surface area contributed by atoms with Gasteiger partial charge in [0.2, 0.25) is 0 Å². The maximum atomic E-state index is 5.82. The molecule has 17 heavy (non-hydrogen) atoms. The number of guanidine groups is 1. The second kappa shape index (κ2) is 6.84. The summed E-state index contributed by atoms with van der Waals surface area (Å²) in [6.07, 6.45) is 2.55. The van der Waals surface area contributed by atoms with Crippen LogP contribution in [0.15, 0.2) is 4.99 Å². The molecule has 1 atom stereocenters. The van der Waals surface area contributed by atoms with Gasteiger partial charge in [-0.2, -0.15) is 0 Å². The minimum atomic E-state index is 0.356. The molecule has 0 saturated carbocycles. The van der Waals surface area contributed by atoms with Crippen LogP contribution in [0.4, 0.5) is 0 Å². The van der Waals surface area contributed by atoms with E-state index in [1.165, 1.54) is 25.9 Å². The highest BCUT2D eigenvalue weighted by Gasteiger charge is 2.24. The van der Waals surface area contributed by atoms with Crippen LogP contribution in [0.2, 0.25) is 0 Å². The highest BCUT2D eigenvalue weighted by molar-refractivity contribution is 5.78. The van der Waals surface area contributed by atoms with Crippen molar-refractivity contribution in [1.82, 2.24) is 10.2 Å². The molecular weight excluding hydrogens is 212 g/mol. The van der Waals surface area contributed by atoms with Crippen LogP contribution in [0.25, 0.3) is 0 Å². The van der Waals surface area contributed by atoms with Crippen LogP contribution >= 0.6 is 0 Å². The van der Waals surface area contributed by atoms with Gasteiger partial charge in [0.25, 0.3) is 0 Å². The maximum absolute atomic E-state index is 5.82. The van der Waals surface area contributed by atoms with Crippen LogP contribution in [0.1, 0.15) is 40.5 Å². The molecule has 0 amide bonds. The average molecular weight is 240 g/mol. The van der Waals surface area contributed by atoms with E-state index in [0.29, 0.717) is 18.0 Å². The summed E-state index contributed by atoms with van der Waals surface area (Å²) in [5.41, 5.74) is 5.82. The van der Waals surface area contributed by atoms with E-state index in [1.807, 2.05) is 0 Å². The summed E-state index contributed by atoms with van der Waals surface area (Å²) < 4.78 is 0. The largest absolute Gasteiger partial charge is 0.370 e. The van der Waals surface area contributed by atoms with Gasteiger partial charge < -0.3 is 11.1 Å². The summed E-state index contributed by atoms with van der Waals surface area (Å²) in [7, 11) is 0. The lowest BCUT2D eigenvalue weighted by Crippen LogP contribution is -2.39. The molecule has 1 heterocycles. The maximum Gasteiger partial charge on any atom is 0.188 e. The molecule has 3 N–H and O–H groups in total. The minimum absolute atomic E-state index is 0.356. The normalized spacial score (nSPS) is 22.7. The van der Waals surface area contributed by atoms with Crippen molar-refractivity contribution >= 4 is 5.96 Å². The summed E-state index contributed by atoms with van der Waals surface area (Å²) in [6, 6.07) is 0.944. The summed E-state index contributed by atoms with van der Waals surface area (Å²) in [5, 5.41) is 3.13. The van der Waals surface area contributed by atoms with Crippen molar-refractivity contribution in [2.45, 2.75) is 52.6 Å². The fraction of sp³-hybridized carbons (Fsp3) is 0.923. The molecule has 0 aromatic rings. The number of nitrogens with two attached hydrogens (primary N) is 1. The predicted molar refractivity (Wildman–Crippen MR) is 74.2 cm³/mol. The average Bonchev–Trinajstić information content (AvgIpc) is 2.60. The van der Waals surface area contributed by atoms with Gasteiger partial charge >= 0.3 is 0 Å². The van der Waals surface area contributed by atoms with Crippen LogP contribution in [-0.4, -0.2) is 42.6 Å². The predicted octanol–water partition coefficient (Wildman–Crippen LogP) is 1.42. The molecule has 100 valence electrons. The Morgan fingerprint density at radius 1 is 1.41 bits per heavy atom. The van der Waals surface area contributed by atoms with Crippen molar-refractivity contribution in [3.05, 3.63) is 0 Å². The topological polar surface area (TPSA) is 53.6 Å². The van der Waals surface area contributed by atoms with Gasteiger partial charge in [-0.15, -0.1) is 0 Å². The van der Waals surface area contributed by atoms with Crippen LogP contribution in [0.5, 0.6) is 0 Å². The second-order valence-corrected chi connectivity index (χ2v) is 5.71. The lowest BCUT2D eigenvalue weighted by Gasteiger charge is -2.25. The standard InChI is InChI=1S/C13H28N4/c1-10(2)9-17-7-5-6-12(17)8-15-13(14)16-11(3)4/h10-12H,5-9H2,1-4H3,(H3,14,15,16)/t12-/m1/s1. The van der Waals surface area contributed by atoms with E-state index in [9.17, 15) is 0 Å². The molecule has 0 aliphatic carbocycles. The zero-order valence-corrected chi connectivity index (χ0v) is 11.7. The Labute approximate surface area is 106 Å². The third kappa shape index (κ3) is 5.39. The summed E-state index contributed by atoms with van der Waals surface area (Å²) in [5.74, 6) is 1.31. The molecule has 0 radical (unpaired) electrons. The van der Waals surface area contributed by atoms with E-state index in [-0.39, 0.29) is 0 Å². The highest BCUT2D eigenvalue weighted by atomic mass is 15.2. The molecule has 4 heteroatoms. The van der Waals surface area contributed by atoms with Crippen LogP contribution in [0, 0.1) is 5.92 Å². The first kappa shape index (κ1) is 14.3. The molecule has 1 rings (SSSR count). The van der Waals surface area contributed by atoms with E-state index in [2.05, 4.69) is 42.9 Å².